The van der Waals surface area contributed by atoms with Crippen molar-refractivity contribution in [2.75, 3.05) is 6.61 Å². The largest absolute Gasteiger partial charge is 0.378 e. The van der Waals surface area contributed by atoms with Gasteiger partial charge in [0, 0.05) is 6.61 Å². The Bertz CT molecular complexity index is 127. The van der Waals surface area contributed by atoms with Crippen LogP contribution in [0, 0.1) is 17.2 Å². The van der Waals surface area contributed by atoms with Gasteiger partial charge >= 0.3 is 0 Å². The minimum absolute atomic E-state index is 0.244. The summed E-state index contributed by atoms with van der Waals surface area (Å²) in [6.45, 7) is 2.78. The van der Waals surface area contributed by atoms with E-state index < -0.39 is 0 Å². The second kappa shape index (κ2) is 2.84. The Hall–Kier alpha value is -0.550. The van der Waals surface area contributed by atoms with Gasteiger partial charge in [0.15, 0.2) is 0 Å². The fourth-order valence-electron chi connectivity index (χ4n) is 1.12. The van der Waals surface area contributed by atoms with Crippen LogP contribution < -0.4 is 0 Å². The molecule has 0 aliphatic carbocycles. The molecule has 0 amide bonds. The lowest BCUT2D eigenvalue weighted by atomic mass is 9.98. The minimum atomic E-state index is 0.244. The van der Waals surface area contributed by atoms with E-state index in [4.69, 9.17) is 10.00 Å². The van der Waals surface area contributed by atoms with E-state index in [1.807, 2.05) is 6.92 Å². The van der Waals surface area contributed by atoms with Gasteiger partial charge in [-0.15, -0.1) is 0 Å². The van der Waals surface area contributed by atoms with Crippen molar-refractivity contribution in [2.45, 2.75) is 25.9 Å². The molecule has 0 aromatic carbocycles. The number of nitrogens with zero attached hydrogens (tertiary/aromatic N) is 1. The zero-order valence-electron chi connectivity index (χ0n) is 5.63. The lowest BCUT2D eigenvalue weighted by molar-refractivity contribution is 0.0140. The molecule has 0 radical (unpaired) electrons. The number of hydrogen-bond donors (Lipinski definition) is 0. The molecule has 2 nitrogen and oxygen atoms in total. The Balaban J connectivity index is 2.34. The summed E-state index contributed by atoms with van der Waals surface area (Å²) in [7, 11) is 0. The first kappa shape index (κ1) is 6.57. The van der Waals surface area contributed by atoms with Crippen molar-refractivity contribution in [2.24, 2.45) is 5.92 Å². The van der Waals surface area contributed by atoms with Gasteiger partial charge in [0.2, 0.25) is 0 Å². The number of nitriles is 1. The summed E-state index contributed by atoms with van der Waals surface area (Å²) in [6, 6.07) is 2.25. The smallest absolute Gasteiger partial charge is 0.0657 e. The third-order valence-corrected chi connectivity index (χ3v) is 1.67. The highest BCUT2D eigenvalue weighted by atomic mass is 16.5. The molecule has 2 heteroatoms. The fourth-order valence-corrected chi connectivity index (χ4v) is 1.12. The van der Waals surface area contributed by atoms with Crippen molar-refractivity contribution in [3.8, 4) is 6.07 Å². The molecule has 9 heavy (non-hydrogen) atoms. The van der Waals surface area contributed by atoms with Crippen molar-refractivity contribution < 1.29 is 4.74 Å². The van der Waals surface area contributed by atoms with Crippen molar-refractivity contribution in [3.05, 3.63) is 0 Å². The maximum Gasteiger partial charge on any atom is 0.0657 e. The van der Waals surface area contributed by atoms with E-state index >= 15 is 0 Å². The molecule has 1 fully saturated rings. The van der Waals surface area contributed by atoms with Gasteiger partial charge in [0.1, 0.15) is 0 Å². The average molecular weight is 125 g/mol. The molecule has 0 aromatic rings. The second-order valence-corrected chi connectivity index (χ2v) is 2.53. The van der Waals surface area contributed by atoms with Gasteiger partial charge in [-0.2, -0.15) is 5.26 Å². The minimum Gasteiger partial charge on any atom is -0.378 e. The first-order valence-electron chi connectivity index (χ1n) is 3.34. The molecule has 0 aromatic heterocycles. The topological polar surface area (TPSA) is 33.0 Å². The van der Waals surface area contributed by atoms with Crippen molar-refractivity contribution in [1.82, 2.24) is 0 Å². The van der Waals surface area contributed by atoms with E-state index in [1.54, 1.807) is 0 Å². The number of rotatable bonds is 0. The average Bonchev–Trinajstić information content (AvgIpc) is 1.88. The predicted molar refractivity (Wildman–Crippen MR) is 33.8 cm³/mol. The summed E-state index contributed by atoms with van der Waals surface area (Å²) in [4.78, 5) is 0. The van der Waals surface area contributed by atoms with Crippen LogP contribution in [0.2, 0.25) is 0 Å². The molecule has 0 N–H and O–H groups in total. The molecule has 2 atom stereocenters. The van der Waals surface area contributed by atoms with Crippen LogP contribution in [0.5, 0.6) is 0 Å². The molecule has 0 unspecified atom stereocenters. The van der Waals surface area contributed by atoms with E-state index in [0.29, 0.717) is 6.10 Å². The van der Waals surface area contributed by atoms with Gasteiger partial charge in [0.05, 0.1) is 18.1 Å². The van der Waals surface area contributed by atoms with E-state index in [9.17, 15) is 0 Å². The summed E-state index contributed by atoms with van der Waals surface area (Å²) in [5.74, 6) is 0.244. The van der Waals surface area contributed by atoms with Crippen LogP contribution in [0.4, 0.5) is 0 Å². The van der Waals surface area contributed by atoms with Crippen LogP contribution >= 0.6 is 0 Å². The number of ether oxygens (including phenoxy) is 1. The van der Waals surface area contributed by atoms with Gasteiger partial charge in [-0.1, -0.05) is 0 Å². The standard InChI is InChI=1S/C7H11NO/c1-6-4-7(5-8)2-3-9-6/h6-7H,2-4H2,1H3/t6-,7-/m0/s1. The van der Waals surface area contributed by atoms with E-state index in [1.165, 1.54) is 0 Å². The van der Waals surface area contributed by atoms with Gasteiger partial charge in [-0.25, -0.2) is 0 Å². The highest BCUT2D eigenvalue weighted by Crippen LogP contribution is 2.18. The highest BCUT2D eigenvalue weighted by Gasteiger charge is 2.17. The van der Waals surface area contributed by atoms with Gasteiger partial charge < -0.3 is 4.74 Å². The molecular formula is C7H11NO. The van der Waals surface area contributed by atoms with Gasteiger partial charge in [-0.3, -0.25) is 0 Å². The van der Waals surface area contributed by atoms with Crippen LogP contribution in [-0.4, -0.2) is 12.7 Å². The van der Waals surface area contributed by atoms with Crippen LogP contribution in [0.3, 0.4) is 0 Å². The Morgan fingerprint density at radius 1 is 1.67 bits per heavy atom. The first-order chi connectivity index (χ1) is 4.33. The van der Waals surface area contributed by atoms with Crippen LogP contribution in [0.25, 0.3) is 0 Å². The molecule has 1 aliphatic heterocycles. The molecule has 0 bridgehead atoms. The first-order valence-corrected chi connectivity index (χ1v) is 3.34. The summed E-state index contributed by atoms with van der Waals surface area (Å²) < 4.78 is 5.26. The normalized spacial score (nSPS) is 35.6. The summed E-state index contributed by atoms with van der Waals surface area (Å²) >= 11 is 0. The SMILES string of the molecule is C[C@H]1C[C@@H](C#N)CCO1. The molecule has 0 saturated carbocycles. The van der Waals surface area contributed by atoms with Crippen LogP contribution in [0.1, 0.15) is 19.8 Å². The summed E-state index contributed by atoms with van der Waals surface area (Å²) in [6.07, 6.45) is 2.13. The van der Waals surface area contributed by atoms with Crippen molar-refractivity contribution in [1.29, 1.82) is 5.26 Å². The highest BCUT2D eigenvalue weighted by molar-refractivity contribution is 4.85. The third-order valence-electron chi connectivity index (χ3n) is 1.67. The zero-order valence-corrected chi connectivity index (χ0v) is 5.63. The monoisotopic (exact) mass is 125 g/mol. The Kier molecular flexibility index (Phi) is 2.07. The van der Waals surface area contributed by atoms with Crippen molar-refractivity contribution in [3.63, 3.8) is 0 Å². The molecule has 0 spiro atoms. The number of hydrogen-bond acceptors (Lipinski definition) is 2. The Morgan fingerprint density at radius 3 is 2.89 bits per heavy atom. The van der Waals surface area contributed by atoms with Gasteiger partial charge in [0.25, 0.3) is 0 Å². The lowest BCUT2D eigenvalue weighted by Crippen LogP contribution is -2.21. The lowest BCUT2D eigenvalue weighted by Gasteiger charge is -2.21. The predicted octanol–water partition coefficient (Wildman–Crippen LogP) is 1.33. The Labute approximate surface area is 55.4 Å². The molecular weight excluding hydrogens is 114 g/mol. The molecule has 1 aliphatic rings. The zero-order chi connectivity index (χ0) is 6.69. The maximum atomic E-state index is 8.50. The van der Waals surface area contributed by atoms with E-state index in [2.05, 4.69) is 6.07 Å². The quantitative estimate of drug-likeness (QED) is 0.489. The fraction of sp³-hybridized carbons (Fsp3) is 0.857. The van der Waals surface area contributed by atoms with Gasteiger partial charge in [-0.05, 0) is 19.8 Å². The second-order valence-electron chi connectivity index (χ2n) is 2.53. The summed E-state index contributed by atoms with van der Waals surface area (Å²) in [5, 5.41) is 8.50. The van der Waals surface area contributed by atoms with Crippen LogP contribution in [-0.2, 0) is 4.74 Å². The summed E-state index contributed by atoms with van der Waals surface area (Å²) in [5.41, 5.74) is 0. The molecule has 1 heterocycles. The molecule has 50 valence electrons. The molecule has 1 saturated heterocycles. The Morgan fingerprint density at radius 2 is 2.44 bits per heavy atom. The molecule has 1 rings (SSSR count). The maximum absolute atomic E-state index is 8.50. The third kappa shape index (κ3) is 1.69. The van der Waals surface area contributed by atoms with E-state index in [0.717, 1.165) is 19.4 Å². The van der Waals surface area contributed by atoms with E-state index in [-0.39, 0.29) is 5.92 Å². The van der Waals surface area contributed by atoms with Crippen molar-refractivity contribution >= 4 is 0 Å². The van der Waals surface area contributed by atoms with Crippen LogP contribution in [0.15, 0.2) is 0 Å².